The Bertz CT molecular complexity index is 420. The van der Waals surface area contributed by atoms with Gasteiger partial charge >= 0.3 is 0 Å². The molecule has 2 rings (SSSR count). The van der Waals surface area contributed by atoms with Crippen LogP contribution in [0, 0.1) is 6.92 Å². The molecule has 2 aromatic rings. The number of aromatic nitrogens is 1. The summed E-state index contributed by atoms with van der Waals surface area (Å²) >= 11 is 0. The van der Waals surface area contributed by atoms with E-state index in [1.807, 2.05) is 6.07 Å². The van der Waals surface area contributed by atoms with Crippen molar-refractivity contribution in [3.63, 3.8) is 0 Å². The molecule has 1 aromatic heterocycles. The third-order valence-electron chi connectivity index (χ3n) is 1.76. The highest BCUT2D eigenvalue weighted by Gasteiger charge is 2.02. The zero-order chi connectivity index (χ0) is 9.26. The molecule has 0 fully saturated rings. The van der Waals surface area contributed by atoms with Crippen LogP contribution >= 0.6 is 0 Å². The number of nitrogens with zero attached hydrogens (tertiary/aromatic N) is 1. The summed E-state index contributed by atoms with van der Waals surface area (Å²) in [6.45, 7) is 1.78. The maximum Gasteiger partial charge on any atom is 0.191 e. The first-order valence-electron chi connectivity index (χ1n) is 3.97. The molecule has 1 N–H and O–H groups in total. The maximum absolute atomic E-state index is 9.22. The molecular weight excluding hydrogens is 166 g/mol. The SMILES string of the molecule is Cc1nc(-c2cccc(O)c2)co1. The third kappa shape index (κ3) is 1.54. The molecule has 3 heteroatoms. The highest BCUT2D eigenvalue weighted by molar-refractivity contribution is 5.59. The molecule has 0 unspecified atom stereocenters. The van der Waals surface area contributed by atoms with E-state index < -0.39 is 0 Å². The van der Waals surface area contributed by atoms with Crippen molar-refractivity contribution >= 4 is 0 Å². The summed E-state index contributed by atoms with van der Waals surface area (Å²) in [4.78, 5) is 4.14. The van der Waals surface area contributed by atoms with Gasteiger partial charge in [0.2, 0.25) is 0 Å². The number of benzene rings is 1. The van der Waals surface area contributed by atoms with Crippen molar-refractivity contribution in [3.05, 3.63) is 36.4 Å². The Hall–Kier alpha value is -1.77. The van der Waals surface area contributed by atoms with Crippen LogP contribution in [0.1, 0.15) is 5.89 Å². The molecule has 0 atom stereocenters. The summed E-state index contributed by atoms with van der Waals surface area (Å²) in [7, 11) is 0. The third-order valence-corrected chi connectivity index (χ3v) is 1.76. The number of hydrogen-bond donors (Lipinski definition) is 1. The number of aromatic hydroxyl groups is 1. The first-order valence-corrected chi connectivity index (χ1v) is 3.97. The van der Waals surface area contributed by atoms with E-state index in [0.29, 0.717) is 5.89 Å². The summed E-state index contributed by atoms with van der Waals surface area (Å²) in [5, 5.41) is 9.22. The van der Waals surface area contributed by atoms with Gasteiger partial charge in [0.25, 0.3) is 0 Å². The number of hydrogen-bond acceptors (Lipinski definition) is 3. The van der Waals surface area contributed by atoms with Gasteiger partial charge in [-0.1, -0.05) is 12.1 Å². The largest absolute Gasteiger partial charge is 0.508 e. The maximum atomic E-state index is 9.22. The van der Waals surface area contributed by atoms with Crippen molar-refractivity contribution < 1.29 is 9.52 Å². The van der Waals surface area contributed by atoms with Gasteiger partial charge in [-0.2, -0.15) is 0 Å². The van der Waals surface area contributed by atoms with Crippen molar-refractivity contribution in [1.29, 1.82) is 0 Å². The van der Waals surface area contributed by atoms with Gasteiger partial charge in [-0.25, -0.2) is 4.98 Å². The molecule has 1 aromatic carbocycles. The summed E-state index contributed by atoms with van der Waals surface area (Å²) in [5.41, 5.74) is 1.60. The van der Waals surface area contributed by atoms with Crippen molar-refractivity contribution in [2.24, 2.45) is 0 Å². The Kier molecular flexibility index (Phi) is 1.77. The summed E-state index contributed by atoms with van der Waals surface area (Å²) in [6.07, 6.45) is 1.57. The van der Waals surface area contributed by atoms with E-state index in [1.165, 1.54) is 0 Å². The summed E-state index contributed by atoms with van der Waals surface area (Å²) < 4.78 is 5.07. The molecule has 0 spiro atoms. The molecule has 66 valence electrons. The molecule has 0 radical (unpaired) electrons. The van der Waals surface area contributed by atoms with Crippen LogP contribution in [-0.4, -0.2) is 10.1 Å². The standard InChI is InChI=1S/C10H9NO2/c1-7-11-10(6-13-7)8-3-2-4-9(12)5-8/h2-6,12H,1H3. The number of aryl methyl sites for hydroxylation is 1. The molecule has 0 aliphatic carbocycles. The van der Waals surface area contributed by atoms with E-state index >= 15 is 0 Å². The topological polar surface area (TPSA) is 46.3 Å². The Morgan fingerprint density at radius 3 is 2.85 bits per heavy atom. The van der Waals surface area contributed by atoms with Crippen LogP contribution in [0.2, 0.25) is 0 Å². The molecule has 0 bridgehead atoms. The monoisotopic (exact) mass is 175 g/mol. The number of oxazole rings is 1. The first-order chi connectivity index (χ1) is 6.25. The predicted octanol–water partition coefficient (Wildman–Crippen LogP) is 2.36. The Balaban J connectivity index is 2.46. The lowest BCUT2D eigenvalue weighted by molar-refractivity contribution is 0.475. The average molecular weight is 175 g/mol. The molecule has 13 heavy (non-hydrogen) atoms. The lowest BCUT2D eigenvalue weighted by atomic mass is 10.2. The lowest BCUT2D eigenvalue weighted by Crippen LogP contribution is -1.77. The minimum absolute atomic E-state index is 0.234. The Labute approximate surface area is 75.7 Å². The zero-order valence-electron chi connectivity index (χ0n) is 7.19. The smallest absolute Gasteiger partial charge is 0.191 e. The van der Waals surface area contributed by atoms with Crippen molar-refractivity contribution in [2.45, 2.75) is 6.92 Å². The van der Waals surface area contributed by atoms with Gasteiger partial charge in [0.15, 0.2) is 5.89 Å². The van der Waals surface area contributed by atoms with Crippen LogP contribution in [0.3, 0.4) is 0 Å². The van der Waals surface area contributed by atoms with E-state index in [-0.39, 0.29) is 5.75 Å². The van der Waals surface area contributed by atoms with E-state index in [2.05, 4.69) is 4.98 Å². The molecular formula is C10H9NO2. The van der Waals surface area contributed by atoms with Crippen LogP contribution in [0.4, 0.5) is 0 Å². The fourth-order valence-electron chi connectivity index (χ4n) is 1.16. The molecule has 1 heterocycles. The summed E-state index contributed by atoms with van der Waals surface area (Å²) in [6, 6.07) is 6.92. The van der Waals surface area contributed by atoms with Gasteiger partial charge in [0, 0.05) is 12.5 Å². The zero-order valence-corrected chi connectivity index (χ0v) is 7.19. The summed E-state index contributed by atoms with van der Waals surface area (Å²) in [5.74, 6) is 0.858. The van der Waals surface area contributed by atoms with Crippen molar-refractivity contribution in [3.8, 4) is 17.0 Å². The van der Waals surface area contributed by atoms with E-state index in [0.717, 1.165) is 11.3 Å². The van der Waals surface area contributed by atoms with Crippen LogP contribution < -0.4 is 0 Å². The van der Waals surface area contributed by atoms with Gasteiger partial charge in [-0.15, -0.1) is 0 Å². The highest BCUT2D eigenvalue weighted by Crippen LogP contribution is 2.21. The van der Waals surface area contributed by atoms with E-state index in [9.17, 15) is 5.11 Å². The van der Waals surface area contributed by atoms with Crippen LogP contribution in [0.5, 0.6) is 5.75 Å². The van der Waals surface area contributed by atoms with Gasteiger partial charge in [-0.3, -0.25) is 0 Å². The Morgan fingerprint density at radius 2 is 2.23 bits per heavy atom. The fourth-order valence-corrected chi connectivity index (χ4v) is 1.16. The number of phenolic OH excluding ortho intramolecular Hbond substituents is 1. The lowest BCUT2D eigenvalue weighted by Gasteiger charge is -1.95. The highest BCUT2D eigenvalue weighted by atomic mass is 16.3. The minimum Gasteiger partial charge on any atom is -0.508 e. The van der Waals surface area contributed by atoms with Crippen molar-refractivity contribution in [1.82, 2.24) is 4.98 Å². The van der Waals surface area contributed by atoms with Gasteiger partial charge in [-0.05, 0) is 12.1 Å². The second-order valence-corrected chi connectivity index (χ2v) is 2.80. The number of rotatable bonds is 1. The minimum atomic E-state index is 0.234. The average Bonchev–Trinajstić information content (AvgIpc) is 2.52. The molecule has 0 saturated heterocycles. The number of phenols is 1. The normalized spacial score (nSPS) is 10.2. The van der Waals surface area contributed by atoms with E-state index in [1.54, 1.807) is 31.4 Å². The van der Waals surface area contributed by atoms with Gasteiger partial charge < -0.3 is 9.52 Å². The van der Waals surface area contributed by atoms with Crippen LogP contribution in [-0.2, 0) is 0 Å². The Morgan fingerprint density at radius 1 is 1.38 bits per heavy atom. The molecule has 3 nitrogen and oxygen atoms in total. The van der Waals surface area contributed by atoms with Crippen LogP contribution in [0.15, 0.2) is 34.9 Å². The van der Waals surface area contributed by atoms with Gasteiger partial charge in [0.1, 0.15) is 17.7 Å². The quantitative estimate of drug-likeness (QED) is 0.723. The second kappa shape index (κ2) is 2.94. The molecule has 0 aliphatic heterocycles. The predicted molar refractivity (Wildman–Crippen MR) is 48.3 cm³/mol. The van der Waals surface area contributed by atoms with E-state index in [4.69, 9.17) is 4.42 Å². The molecule has 0 aliphatic rings. The van der Waals surface area contributed by atoms with Gasteiger partial charge in [0.05, 0.1) is 0 Å². The first kappa shape index (κ1) is 7.86. The second-order valence-electron chi connectivity index (χ2n) is 2.80. The molecule has 0 saturated carbocycles. The van der Waals surface area contributed by atoms with Crippen LogP contribution in [0.25, 0.3) is 11.3 Å². The van der Waals surface area contributed by atoms with Crippen molar-refractivity contribution in [2.75, 3.05) is 0 Å². The molecule has 0 amide bonds. The fraction of sp³-hybridized carbons (Fsp3) is 0.100.